The molecule has 0 unspecified atom stereocenters. The van der Waals surface area contributed by atoms with E-state index < -0.39 is 10.0 Å². The molecule has 0 spiro atoms. The minimum Gasteiger partial charge on any atom is -0.373 e. The summed E-state index contributed by atoms with van der Waals surface area (Å²) in [6, 6.07) is 8.16. The van der Waals surface area contributed by atoms with Crippen LogP contribution in [0, 0.1) is 0 Å². The van der Waals surface area contributed by atoms with Gasteiger partial charge >= 0.3 is 0 Å². The Morgan fingerprint density at radius 1 is 1.25 bits per heavy atom. The van der Waals surface area contributed by atoms with Gasteiger partial charge in [0.2, 0.25) is 10.0 Å². The van der Waals surface area contributed by atoms with Crippen molar-refractivity contribution in [2.24, 2.45) is 5.14 Å². The normalized spacial score (nSPS) is 11.6. The summed E-state index contributed by atoms with van der Waals surface area (Å²) >= 11 is 0. The first kappa shape index (κ1) is 10.8. The Labute approximate surface area is 93.3 Å². The summed E-state index contributed by atoms with van der Waals surface area (Å²) in [6.45, 7) is 0. The van der Waals surface area contributed by atoms with Gasteiger partial charge < -0.3 is 5.32 Å². The molecule has 0 amide bonds. The summed E-state index contributed by atoms with van der Waals surface area (Å²) in [5.41, 5.74) is 0.722. The van der Waals surface area contributed by atoms with Crippen molar-refractivity contribution >= 4 is 26.7 Å². The molecule has 84 valence electrons. The Bertz CT molecular complexity index is 638. The SMILES string of the molecule is CNc1ccc2cc(S(N)(=O)=O)ccc2n1. The Kier molecular flexibility index (Phi) is 2.53. The van der Waals surface area contributed by atoms with Crippen LogP contribution in [0.4, 0.5) is 5.82 Å². The number of aromatic nitrogens is 1. The minimum atomic E-state index is -3.65. The molecule has 6 heteroatoms. The van der Waals surface area contributed by atoms with E-state index in [1.807, 2.05) is 0 Å². The van der Waals surface area contributed by atoms with Crippen molar-refractivity contribution in [3.8, 4) is 0 Å². The van der Waals surface area contributed by atoms with E-state index >= 15 is 0 Å². The van der Waals surface area contributed by atoms with Crippen LogP contribution >= 0.6 is 0 Å². The van der Waals surface area contributed by atoms with Gasteiger partial charge in [0.05, 0.1) is 10.4 Å². The molecule has 0 aliphatic carbocycles. The Balaban J connectivity index is 2.65. The van der Waals surface area contributed by atoms with Gasteiger partial charge in [0, 0.05) is 12.4 Å². The largest absolute Gasteiger partial charge is 0.373 e. The van der Waals surface area contributed by atoms with Crippen LogP contribution in [0.5, 0.6) is 0 Å². The third kappa shape index (κ3) is 1.98. The highest BCUT2D eigenvalue weighted by Gasteiger charge is 2.08. The third-order valence-electron chi connectivity index (χ3n) is 2.25. The van der Waals surface area contributed by atoms with Gasteiger partial charge in [0.25, 0.3) is 0 Å². The van der Waals surface area contributed by atoms with Crippen LogP contribution in [0.2, 0.25) is 0 Å². The average Bonchev–Trinajstić information content (AvgIpc) is 2.26. The van der Waals surface area contributed by atoms with Crippen LogP contribution in [0.3, 0.4) is 0 Å². The molecule has 0 aliphatic heterocycles. The van der Waals surface area contributed by atoms with E-state index in [-0.39, 0.29) is 4.90 Å². The maximum Gasteiger partial charge on any atom is 0.238 e. The van der Waals surface area contributed by atoms with E-state index in [2.05, 4.69) is 10.3 Å². The summed E-state index contributed by atoms with van der Waals surface area (Å²) in [7, 11) is -1.88. The van der Waals surface area contributed by atoms with Gasteiger partial charge in [-0.1, -0.05) is 0 Å². The molecule has 0 aliphatic rings. The van der Waals surface area contributed by atoms with E-state index in [0.717, 1.165) is 16.7 Å². The van der Waals surface area contributed by atoms with Crippen LogP contribution < -0.4 is 10.5 Å². The smallest absolute Gasteiger partial charge is 0.238 e. The van der Waals surface area contributed by atoms with Crippen molar-refractivity contribution < 1.29 is 8.42 Å². The van der Waals surface area contributed by atoms with Crippen molar-refractivity contribution in [1.29, 1.82) is 0 Å². The van der Waals surface area contributed by atoms with Gasteiger partial charge in [-0.05, 0) is 30.3 Å². The zero-order chi connectivity index (χ0) is 11.8. The molecule has 0 saturated carbocycles. The third-order valence-corrected chi connectivity index (χ3v) is 3.16. The molecule has 0 saturated heterocycles. The van der Waals surface area contributed by atoms with Gasteiger partial charge in [-0.2, -0.15) is 0 Å². The number of nitrogens with two attached hydrogens (primary N) is 1. The summed E-state index contributed by atoms with van der Waals surface area (Å²) in [5, 5.41) is 8.69. The fraction of sp³-hybridized carbons (Fsp3) is 0.100. The van der Waals surface area contributed by atoms with E-state index in [0.29, 0.717) is 0 Å². The molecule has 0 radical (unpaired) electrons. The van der Waals surface area contributed by atoms with Gasteiger partial charge in [-0.3, -0.25) is 0 Å². The molecule has 0 bridgehead atoms. The topological polar surface area (TPSA) is 85.1 Å². The second-order valence-corrected chi connectivity index (χ2v) is 4.91. The number of hydrogen-bond acceptors (Lipinski definition) is 4. The molecule has 16 heavy (non-hydrogen) atoms. The second-order valence-electron chi connectivity index (χ2n) is 3.35. The highest BCUT2D eigenvalue weighted by atomic mass is 32.2. The van der Waals surface area contributed by atoms with Gasteiger partial charge in [-0.25, -0.2) is 18.5 Å². The zero-order valence-electron chi connectivity index (χ0n) is 8.64. The molecular weight excluding hydrogens is 226 g/mol. The summed E-state index contributed by atoms with van der Waals surface area (Å²) in [5.74, 6) is 0.732. The number of rotatable bonds is 2. The number of nitrogens with zero attached hydrogens (tertiary/aromatic N) is 1. The maximum absolute atomic E-state index is 11.1. The maximum atomic E-state index is 11.1. The van der Waals surface area contributed by atoms with Crippen molar-refractivity contribution in [2.75, 3.05) is 12.4 Å². The van der Waals surface area contributed by atoms with Crippen LogP contribution in [0.15, 0.2) is 35.2 Å². The lowest BCUT2D eigenvalue weighted by molar-refractivity contribution is 0.598. The summed E-state index contributed by atoms with van der Waals surface area (Å²) in [6.07, 6.45) is 0. The predicted octanol–water partition coefficient (Wildman–Crippen LogP) is 0.924. The molecule has 5 nitrogen and oxygen atoms in total. The Morgan fingerprint density at radius 2 is 2.00 bits per heavy atom. The molecule has 2 aromatic rings. The number of fused-ring (bicyclic) bond motifs is 1. The monoisotopic (exact) mass is 237 g/mol. The lowest BCUT2D eigenvalue weighted by atomic mass is 10.2. The van der Waals surface area contributed by atoms with Crippen molar-refractivity contribution in [3.63, 3.8) is 0 Å². The first-order chi connectivity index (χ1) is 7.50. The van der Waals surface area contributed by atoms with Crippen molar-refractivity contribution in [2.45, 2.75) is 4.90 Å². The van der Waals surface area contributed by atoms with Crippen LogP contribution in [0.25, 0.3) is 10.9 Å². The zero-order valence-corrected chi connectivity index (χ0v) is 9.45. The second kappa shape index (κ2) is 3.73. The molecule has 2 rings (SSSR count). The molecule has 0 atom stereocenters. The molecule has 0 fully saturated rings. The molecule has 3 N–H and O–H groups in total. The van der Waals surface area contributed by atoms with E-state index in [1.54, 1.807) is 25.2 Å². The van der Waals surface area contributed by atoms with E-state index in [1.165, 1.54) is 12.1 Å². The first-order valence-corrected chi connectivity index (χ1v) is 6.17. The average molecular weight is 237 g/mol. The fourth-order valence-electron chi connectivity index (χ4n) is 1.42. The minimum absolute atomic E-state index is 0.0963. The van der Waals surface area contributed by atoms with Crippen LogP contribution in [-0.2, 0) is 10.0 Å². The predicted molar refractivity (Wildman–Crippen MR) is 62.7 cm³/mol. The Hall–Kier alpha value is -1.66. The number of nitrogens with one attached hydrogen (secondary N) is 1. The van der Waals surface area contributed by atoms with Gasteiger partial charge in [0.1, 0.15) is 5.82 Å². The first-order valence-electron chi connectivity index (χ1n) is 4.62. The van der Waals surface area contributed by atoms with Crippen molar-refractivity contribution in [3.05, 3.63) is 30.3 Å². The fourth-order valence-corrected chi connectivity index (χ4v) is 1.97. The quantitative estimate of drug-likeness (QED) is 0.813. The van der Waals surface area contributed by atoms with E-state index in [4.69, 9.17) is 5.14 Å². The summed E-state index contributed by atoms with van der Waals surface area (Å²) < 4.78 is 22.3. The number of hydrogen-bond donors (Lipinski definition) is 2. The van der Waals surface area contributed by atoms with E-state index in [9.17, 15) is 8.42 Å². The highest BCUT2D eigenvalue weighted by molar-refractivity contribution is 7.89. The van der Waals surface area contributed by atoms with Crippen LogP contribution in [-0.4, -0.2) is 20.4 Å². The number of anilines is 1. The standard InChI is InChI=1S/C10H11N3O2S/c1-12-10-5-2-7-6-8(16(11,14)15)3-4-9(7)13-10/h2-6H,1H3,(H,12,13)(H2,11,14,15). The molecule has 1 heterocycles. The summed E-state index contributed by atoms with van der Waals surface area (Å²) in [4.78, 5) is 4.37. The number of primary sulfonamides is 1. The molecule has 1 aromatic heterocycles. The number of pyridine rings is 1. The van der Waals surface area contributed by atoms with Crippen LogP contribution in [0.1, 0.15) is 0 Å². The number of sulfonamides is 1. The van der Waals surface area contributed by atoms with Gasteiger partial charge in [-0.15, -0.1) is 0 Å². The molecular formula is C10H11N3O2S. The lowest BCUT2D eigenvalue weighted by Gasteiger charge is -2.03. The Morgan fingerprint density at radius 3 is 2.62 bits per heavy atom. The number of benzene rings is 1. The molecule has 1 aromatic carbocycles. The highest BCUT2D eigenvalue weighted by Crippen LogP contribution is 2.18. The van der Waals surface area contributed by atoms with Gasteiger partial charge in [0.15, 0.2) is 0 Å². The van der Waals surface area contributed by atoms with Crippen molar-refractivity contribution in [1.82, 2.24) is 4.98 Å². The lowest BCUT2D eigenvalue weighted by Crippen LogP contribution is -2.11.